The molecule has 0 saturated carbocycles. The Kier molecular flexibility index (Phi) is 3.84. The van der Waals surface area contributed by atoms with Crippen molar-refractivity contribution >= 4 is 0 Å². The normalized spacial score (nSPS) is 25.6. The van der Waals surface area contributed by atoms with Gasteiger partial charge in [0.1, 0.15) is 17.8 Å². The molecule has 0 fully saturated rings. The summed E-state index contributed by atoms with van der Waals surface area (Å²) in [6.07, 6.45) is 12.7. The Hall–Kier alpha value is -2.22. The molecule has 2 aliphatic rings. The molecule has 1 unspecified atom stereocenters. The summed E-state index contributed by atoms with van der Waals surface area (Å²) in [6.45, 7) is 6.22. The SMILES string of the molecule is CC1(C)N(CCCn2ccnc2)C([C@@H]2CCC=CO2)c2nnnn21. The van der Waals surface area contributed by atoms with Crippen molar-refractivity contribution in [3.05, 3.63) is 36.9 Å². The lowest BCUT2D eigenvalue weighted by Gasteiger charge is -2.38. The maximum absolute atomic E-state index is 5.92. The van der Waals surface area contributed by atoms with E-state index in [-0.39, 0.29) is 17.8 Å². The van der Waals surface area contributed by atoms with E-state index in [0.717, 1.165) is 38.2 Å². The van der Waals surface area contributed by atoms with Crippen LogP contribution in [0.1, 0.15) is 45.0 Å². The van der Waals surface area contributed by atoms with E-state index in [9.17, 15) is 0 Å². The predicted octanol–water partition coefficient (Wildman–Crippen LogP) is 1.70. The summed E-state index contributed by atoms with van der Waals surface area (Å²) in [7, 11) is 0. The van der Waals surface area contributed by atoms with Crippen LogP contribution in [0.15, 0.2) is 31.1 Å². The lowest BCUT2D eigenvalue weighted by molar-refractivity contribution is -0.0278. The molecule has 2 atom stereocenters. The number of aryl methyl sites for hydroxylation is 1. The number of aromatic nitrogens is 6. The Labute approximate surface area is 141 Å². The third-order valence-electron chi connectivity index (χ3n) is 5.01. The fourth-order valence-corrected chi connectivity index (χ4v) is 3.78. The average molecular weight is 329 g/mol. The van der Waals surface area contributed by atoms with Gasteiger partial charge in [0.2, 0.25) is 0 Å². The molecule has 0 bridgehead atoms. The Morgan fingerprint density at radius 2 is 2.25 bits per heavy atom. The van der Waals surface area contributed by atoms with Gasteiger partial charge in [0.15, 0.2) is 5.82 Å². The summed E-state index contributed by atoms with van der Waals surface area (Å²) < 4.78 is 9.97. The minimum Gasteiger partial charge on any atom is -0.496 e. The van der Waals surface area contributed by atoms with Gasteiger partial charge in [-0.1, -0.05) is 0 Å². The van der Waals surface area contributed by atoms with E-state index >= 15 is 0 Å². The molecule has 0 spiro atoms. The molecule has 128 valence electrons. The molecule has 0 aromatic carbocycles. The number of tetrazole rings is 1. The Morgan fingerprint density at radius 3 is 3.00 bits per heavy atom. The third kappa shape index (κ3) is 2.50. The van der Waals surface area contributed by atoms with Crippen LogP contribution in [-0.4, -0.2) is 47.3 Å². The van der Waals surface area contributed by atoms with Gasteiger partial charge in [-0.15, -0.1) is 5.10 Å². The summed E-state index contributed by atoms with van der Waals surface area (Å²) >= 11 is 0. The average Bonchev–Trinajstić information content (AvgIpc) is 3.29. The second-order valence-corrected chi connectivity index (χ2v) is 6.86. The lowest BCUT2D eigenvalue weighted by atomic mass is 10.0. The van der Waals surface area contributed by atoms with Gasteiger partial charge in [-0.2, -0.15) is 0 Å². The Morgan fingerprint density at radius 1 is 1.33 bits per heavy atom. The zero-order valence-electron chi connectivity index (χ0n) is 14.1. The summed E-state index contributed by atoms with van der Waals surface area (Å²) in [5, 5.41) is 12.4. The quantitative estimate of drug-likeness (QED) is 0.831. The number of hydrogen-bond acceptors (Lipinski definition) is 6. The molecule has 0 aliphatic carbocycles. The van der Waals surface area contributed by atoms with Gasteiger partial charge in [-0.05, 0) is 49.6 Å². The molecule has 0 radical (unpaired) electrons. The topological polar surface area (TPSA) is 73.9 Å². The second kappa shape index (κ2) is 6.01. The van der Waals surface area contributed by atoms with Gasteiger partial charge in [0.25, 0.3) is 0 Å². The van der Waals surface area contributed by atoms with E-state index in [1.165, 1.54) is 0 Å². The highest BCUT2D eigenvalue weighted by Crippen LogP contribution is 2.42. The van der Waals surface area contributed by atoms with E-state index in [1.54, 1.807) is 0 Å². The van der Waals surface area contributed by atoms with Crippen molar-refractivity contribution < 1.29 is 4.74 Å². The van der Waals surface area contributed by atoms with Crippen LogP contribution in [0.2, 0.25) is 0 Å². The van der Waals surface area contributed by atoms with Crippen LogP contribution in [0.25, 0.3) is 0 Å². The predicted molar refractivity (Wildman–Crippen MR) is 86.7 cm³/mol. The van der Waals surface area contributed by atoms with Crippen LogP contribution < -0.4 is 0 Å². The maximum Gasteiger partial charge on any atom is 0.174 e. The lowest BCUT2D eigenvalue weighted by Crippen LogP contribution is -2.45. The number of imidazole rings is 1. The number of hydrogen-bond donors (Lipinski definition) is 0. The van der Waals surface area contributed by atoms with E-state index in [0.29, 0.717) is 0 Å². The van der Waals surface area contributed by atoms with Crippen molar-refractivity contribution in [2.75, 3.05) is 6.54 Å². The van der Waals surface area contributed by atoms with Gasteiger partial charge in [0.05, 0.1) is 12.6 Å². The van der Waals surface area contributed by atoms with Crippen molar-refractivity contribution in [2.24, 2.45) is 0 Å². The first-order valence-corrected chi connectivity index (χ1v) is 8.49. The molecule has 0 saturated heterocycles. The van der Waals surface area contributed by atoms with Crippen LogP contribution >= 0.6 is 0 Å². The second-order valence-electron chi connectivity index (χ2n) is 6.86. The summed E-state index contributed by atoms with van der Waals surface area (Å²) in [5.41, 5.74) is -0.261. The molecule has 4 heterocycles. The van der Waals surface area contributed by atoms with Crippen molar-refractivity contribution in [2.45, 2.75) is 57.5 Å². The molecule has 0 amide bonds. The van der Waals surface area contributed by atoms with Crippen LogP contribution in [-0.2, 0) is 16.9 Å². The third-order valence-corrected chi connectivity index (χ3v) is 5.01. The van der Waals surface area contributed by atoms with Crippen molar-refractivity contribution in [3.8, 4) is 0 Å². The van der Waals surface area contributed by atoms with E-state index in [4.69, 9.17) is 4.74 Å². The van der Waals surface area contributed by atoms with Crippen molar-refractivity contribution in [3.63, 3.8) is 0 Å². The number of nitrogens with zero attached hydrogens (tertiary/aromatic N) is 7. The van der Waals surface area contributed by atoms with E-state index in [2.05, 4.69) is 49.9 Å². The molecule has 2 aromatic rings. The standard InChI is InChI=1S/C16H23N7O/c1-16(2)22(9-5-8-21-10-7-17-12-21)14(13-6-3-4-11-24-13)15-18-19-20-23(15)16/h4,7,10-14H,3,5-6,8-9H2,1-2H3/t13-,14?/m0/s1. The van der Waals surface area contributed by atoms with Crippen LogP contribution in [0.4, 0.5) is 0 Å². The van der Waals surface area contributed by atoms with Crippen molar-refractivity contribution in [1.29, 1.82) is 0 Å². The first-order valence-electron chi connectivity index (χ1n) is 8.49. The number of ether oxygens (including phenoxy) is 1. The smallest absolute Gasteiger partial charge is 0.174 e. The molecule has 2 aliphatic heterocycles. The van der Waals surface area contributed by atoms with Gasteiger partial charge >= 0.3 is 0 Å². The molecule has 8 nitrogen and oxygen atoms in total. The first-order chi connectivity index (χ1) is 11.7. The summed E-state index contributed by atoms with van der Waals surface area (Å²) in [5.74, 6) is 0.905. The number of fused-ring (bicyclic) bond motifs is 1. The zero-order chi connectivity index (χ0) is 16.6. The molecule has 24 heavy (non-hydrogen) atoms. The highest BCUT2D eigenvalue weighted by atomic mass is 16.5. The molecular weight excluding hydrogens is 306 g/mol. The minimum atomic E-state index is -0.261. The van der Waals surface area contributed by atoms with Gasteiger partial charge in [-0.25, -0.2) is 9.67 Å². The minimum absolute atomic E-state index is 0.0859. The maximum atomic E-state index is 5.92. The number of rotatable bonds is 5. The fourth-order valence-electron chi connectivity index (χ4n) is 3.78. The highest BCUT2D eigenvalue weighted by Gasteiger charge is 2.50. The van der Waals surface area contributed by atoms with Gasteiger partial charge < -0.3 is 9.30 Å². The van der Waals surface area contributed by atoms with Crippen LogP contribution in [0.5, 0.6) is 0 Å². The molecule has 8 heteroatoms. The largest absolute Gasteiger partial charge is 0.496 e. The van der Waals surface area contributed by atoms with Gasteiger partial charge in [-0.3, -0.25) is 4.90 Å². The Bertz CT molecular complexity index is 706. The monoisotopic (exact) mass is 329 g/mol. The molecule has 0 N–H and O–H groups in total. The molecular formula is C16H23N7O. The van der Waals surface area contributed by atoms with E-state index in [1.807, 2.05) is 29.7 Å². The molecule has 2 aromatic heterocycles. The number of allylic oxidation sites excluding steroid dienone is 1. The molecule has 4 rings (SSSR count). The zero-order valence-corrected chi connectivity index (χ0v) is 14.1. The fraction of sp³-hybridized carbons (Fsp3) is 0.625. The first kappa shape index (κ1) is 15.3. The summed E-state index contributed by atoms with van der Waals surface area (Å²) in [6, 6.07) is 0.0859. The van der Waals surface area contributed by atoms with Crippen LogP contribution in [0.3, 0.4) is 0 Å². The van der Waals surface area contributed by atoms with Crippen LogP contribution in [0, 0.1) is 0 Å². The summed E-state index contributed by atoms with van der Waals surface area (Å²) in [4.78, 5) is 6.55. The van der Waals surface area contributed by atoms with E-state index < -0.39 is 0 Å². The van der Waals surface area contributed by atoms with Crippen molar-refractivity contribution in [1.82, 2.24) is 34.7 Å². The van der Waals surface area contributed by atoms with Gasteiger partial charge in [0, 0.05) is 25.5 Å². The highest BCUT2D eigenvalue weighted by molar-refractivity contribution is 5.10. The Balaban J connectivity index is 1.55.